The summed E-state index contributed by atoms with van der Waals surface area (Å²) in [6, 6.07) is 2.64. The fraction of sp³-hybridized carbons (Fsp3) is 0.273. The highest BCUT2D eigenvalue weighted by molar-refractivity contribution is 9.10. The van der Waals surface area contributed by atoms with E-state index < -0.39 is 0 Å². The van der Waals surface area contributed by atoms with Gasteiger partial charge in [-0.15, -0.1) is 12.3 Å². The third kappa shape index (κ3) is 3.73. The van der Waals surface area contributed by atoms with Crippen molar-refractivity contribution in [3.8, 4) is 12.3 Å². The maximum absolute atomic E-state index is 12.9. The lowest BCUT2D eigenvalue weighted by Gasteiger charge is -2.09. The lowest BCUT2D eigenvalue weighted by atomic mass is 10.3. The molecule has 1 aromatic rings. The molecule has 0 aliphatic carbocycles. The van der Waals surface area contributed by atoms with Gasteiger partial charge in [0.1, 0.15) is 5.82 Å². The number of hydrogen-bond acceptors (Lipinski definition) is 1. The molecule has 0 spiro atoms. The zero-order valence-electron chi connectivity index (χ0n) is 7.99. The first kappa shape index (κ1) is 12.4. The summed E-state index contributed by atoms with van der Waals surface area (Å²) in [6.45, 7) is 0.716. The van der Waals surface area contributed by atoms with Crippen LogP contribution in [-0.2, 0) is 0 Å². The molecular formula is C11H10BrClFN. The average Bonchev–Trinajstić information content (AvgIpc) is 2.15. The van der Waals surface area contributed by atoms with Crippen molar-refractivity contribution in [3.05, 3.63) is 27.4 Å². The highest BCUT2D eigenvalue weighted by atomic mass is 79.9. The Balaban J connectivity index is 2.65. The molecule has 15 heavy (non-hydrogen) atoms. The molecule has 1 rings (SSSR count). The zero-order chi connectivity index (χ0) is 11.3. The molecule has 0 saturated heterocycles. The van der Waals surface area contributed by atoms with Crippen LogP contribution in [0.4, 0.5) is 10.1 Å². The highest BCUT2D eigenvalue weighted by Crippen LogP contribution is 2.31. The molecule has 0 heterocycles. The minimum Gasteiger partial charge on any atom is -0.383 e. The maximum Gasteiger partial charge on any atom is 0.125 e. The van der Waals surface area contributed by atoms with Gasteiger partial charge in [-0.3, -0.25) is 0 Å². The third-order valence-electron chi connectivity index (χ3n) is 1.81. The second-order valence-corrected chi connectivity index (χ2v) is 4.24. The first-order valence-electron chi connectivity index (χ1n) is 4.47. The van der Waals surface area contributed by atoms with E-state index in [9.17, 15) is 4.39 Å². The molecule has 0 radical (unpaired) electrons. The zero-order valence-corrected chi connectivity index (χ0v) is 10.3. The van der Waals surface area contributed by atoms with Crippen molar-refractivity contribution in [2.75, 3.05) is 11.9 Å². The Morgan fingerprint density at radius 1 is 1.53 bits per heavy atom. The Morgan fingerprint density at radius 3 is 2.87 bits per heavy atom. The van der Waals surface area contributed by atoms with Gasteiger partial charge in [0.15, 0.2) is 0 Å². The molecule has 80 valence electrons. The van der Waals surface area contributed by atoms with Gasteiger partial charge in [0.2, 0.25) is 0 Å². The summed E-state index contributed by atoms with van der Waals surface area (Å²) in [4.78, 5) is 0. The monoisotopic (exact) mass is 289 g/mol. The standard InChI is InChI=1S/C11H10BrClFN/c1-2-3-4-5-15-11-9(12)6-8(14)7-10(11)13/h1,6-7,15H,3-5H2. The SMILES string of the molecule is C#CCCCNc1c(Cl)cc(F)cc1Br. The van der Waals surface area contributed by atoms with Crippen molar-refractivity contribution in [2.24, 2.45) is 0 Å². The Bertz CT molecular complexity index is 364. The number of halogens is 3. The van der Waals surface area contributed by atoms with Crippen LogP contribution in [0.3, 0.4) is 0 Å². The van der Waals surface area contributed by atoms with E-state index in [0.29, 0.717) is 28.1 Å². The predicted octanol–water partition coefficient (Wildman–Crippen LogP) is 4.07. The molecule has 0 bridgehead atoms. The minimum absolute atomic E-state index is 0.360. The van der Waals surface area contributed by atoms with E-state index in [1.54, 1.807) is 0 Å². The third-order valence-corrected chi connectivity index (χ3v) is 2.73. The highest BCUT2D eigenvalue weighted by Gasteiger charge is 2.06. The molecule has 0 fully saturated rings. The molecule has 0 amide bonds. The van der Waals surface area contributed by atoms with Gasteiger partial charge in [-0.05, 0) is 34.5 Å². The second-order valence-electron chi connectivity index (χ2n) is 2.98. The number of anilines is 1. The molecule has 0 unspecified atom stereocenters. The van der Waals surface area contributed by atoms with Crippen LogP contribution in [0.2, 0.25) is 5.02 Å². The van der Waals surface area contributed by atoms with Gasteiger partial charge < -0.3 is 5.32 Å². The molecule has 0 saturated carbocycles. The van der Waals surface area contributed by atoms with Crippen LogP contribution in [0, 0.1) is 18.2 Å². The molecule has 4 heteroatoms. The lowest BCUT2D eigenvalue weighted by molar-refractivity contribution is 0.627. The largest absolute Gasteiger partial charge is 0.383 e. The Hall–Kier alpha value is -0.720. The Morgan fingerprint density at radius 2 is 2.27 bits per heavy atom. The summed E-state index contributed by atoms with van der Waals surface area (Å²) in [5.41, 5.74) is 0.704. The van der Waals surface area contributed by atoms with Crippen LogP contribution in [-0.4, -0.2) is 6.54 Å². The summed E-state index contributed by atoms with van der Waals surface area (Å²) in [7, 11) is 0. The first-order valence-corrected chi connectivity index (χ1v) is 5.64. The van der Waals surface area contributed by atoms with Crippen molar-refractivity contribution < 1.29 is 4.39 Å². The number of nitrogens with one attached hydrogen (secondary N) is 1. The van der Waals surface area contributed by atoms with Crippen LogP contribution >= 0.6 is 27.5 Å². The Kier molecular flexibility index (Phi) is 4.93. The minimum atomic E-state index is -0.360. The molecule has 0 aromatic heterocycles. The fourth-order valence-electron chi connectivity index (χ4n) is 1.11. The van der Waals surface area contributed by atoms with E-state index >= 15 is 0 Å². The van der Waals surface area contributed by atoms with E-state index in [4.69, 9.17) is 18.0 Å². The number of unbranched alkanes of at least 4 members (excludes halogenated alkanes) is 1. The van der Waals surface area contributed by atoms with E-state index in [-0.39, 0.29) is 5.82 Å². The summed E-state index contributed by atoms with van der Waals surface area (Å²) in [6.07, 6.45) is 6.69. The predicted molar refractivity (Wildman–Crippen MR) is 65.7 cm³/mol. The number of hydrogen-bond donors (Lipinski definition) is 1. The van der Waals surface area contributed by atoms with Crippen molar-refractivity contribution in [1.29, 1.82) is 0 Å². The normalized spacial score (nSPS) is 9.73. The Labute approximate surface area is 102 Å². The maximum atomic E-state index is 12.9. The molecule has 1 aromatic carbocycles. The van der Waals surface area contributed by atoms with Crippen molar-refractivity contribution in [1.82, 2.24) is 0 Å². The van der Waals surface area contributed by atoms with E-state index in [0.717, 1.165) is 6.42 Å². The molecule has 0 atom stereocenters. The molecule has 1 N–H and O–H groups in total. The van der Waals surface area contributed by atoms with Gasteiger partial charge in [0.25, 0.3) is 0 Å². The molecule has 0 aliphatic rings. The smallest absolute Gasteiger partial charge is 0.125 e. The first-order chi connectivity index (χ1) is 7.15. The van der Waals surface area contributed by atoms with Crippen molar-refractivity contribution >= 4 is 33.2 Å². The van der Waals surface area contributed by atoms with Crippen LogP contribution in [0.15, 0.2) is 16.6 Å². The average molecular weight is 291 g/mol. The summed E-state index contributed by atoms with van der Waals surface area (Å²) in [5.74, 6) is 2.19. The van der Waals surface area contributed by atoms with Crippen LogP contribution in [0.5, 0.6) is 0 Å². The van der Waals surface area contributed by atoms with Crippen LogP contribution < -0.4 is 5.32 Å². The van der Waals surface area contributed by atoms with Gasteiger partial charge >= 0.3 is 0 Å². The van der Waals surface area contributed by atoms with E-state index in [2.05, 4.69) is 27.2 Å². The summed E-state index contributed by atoms with van der Waals surface area (Å²) >= 11 is 9.11. The van der Waals surface area contributed by atoms with Crippen LogP contribution in [0.1, 0.15) is 12.8 Å². The topological polar surface area (TPSA) is 12.0 Å². The second kappa shape index (κ2) is 5.99. The molecular weight excluding hydrogens is 280 g/mol. The van der Waals surface area contributed by atoms with E-state index in [1.807, 2.05) is 0 Å². The summed E-state index contributed by atoms with van der Waals surface area (Å²) in [5, 5.41) is 3.47. The van der Waals surface area contributed by atoms with Gasteiger partial charge in [-0.25, -0.2) is 4.39 Å². The number of rotatable bonds is 4. The lowest BCUT2D eigenvalue weighted by Crippen LogP contribution is -2.02. The van der Waals surface area contributed by atoms with Gasteiger partial charge in [-0.1, -0.05) is 11.6 Å². The van der Waals surface area contributed by atoms with Gasteiger partial charge in [0, 0.05) is 17.4 Å². The molecule has 1 nitrogen and oxygen atoms in total. The number of terminal acetylenes is 1. The van der Waals surface area contributed by atoms with Gasteiger partial charge in [-0.2, -0.15) is 0 Å². The molecule has 0 aliphatic heterocycles. The van der Waals surface area contributed by atoms with Crippen LogP contribution in [0.25, 0.3) is 0 Å². The van der Waals surface area contributed by atoms with Crippen molar-refractivity contribution in [2.45, 2.75) is 12.8 Å². The van der Waals surface area contributed by atoms with E-state index in [1.165, 1.54) is 12.1 Å². The fourth-order valence-corrected chi connectivity index (χ4v) is 2.07. The van der Waals surface area contributed by atoms with Crippen molar-refractivity contribution in [3.63, 3.8) is 0 Å². The summed E-state index contributed by atoms with van der Waals surface area (Å²) < 4.78 is 13.5. The van der Waals surface area contributed by atoms with Gasteiger partial charge in [0.05, 0.1) is 10.7 Å². The number of benzene rings is 1. The quantitative estimate of drug-likeness (QED) is 0.651.